The van der Waals surface area contributed by atoms with E-state index in [4.69, 9.17) is 0 Å². The molecule has 0 unspecified atom stereocenters. The van der Waals surface area contributed by atoms with E-state index in [1.807, 2.05) is 4.98 Å². The van der Waals surface area contributed by atoms with Crippen LogP contribution in [0.1, 0.15) is 14.9 Å². The Balaban J connectivity index is 0. The summed E-state index contributed by atoms with van der Waals surface area (Å²) in [5.74, 6) is -1.26. The number of hydrogen-bond acceptors (Lipinski definition) is 4. The van der Waals surface area contributed by atoms with Crippen LogP contribution in [-0.4, -0.2) is 14.9 Å². The molecular formula is C12H15F2N3O4. The van der Waals surface area contributed by atoms with Gasteiger partial charge in [0.05, 0.1) is 11.0 Å². The normalized spacial score (nSPS) is 8.48. The molecule has 0 saturated heterocycles. The first kappa shape index (κ1) is 20.5. The molecule has 0 spiro atoms. The average Bonchev–Trinajstić information content (AvgIpc) is 2.36. The fraction of sp³-hybridized carbons (Fsp3) is 0.167. The molecule has 0 radical (unpaired) electrons. The number of aromatic amines is 2. The van der Waals surface area contributed by atoms with Gasteiger partial charge < -0.3 is 9.97 Å². The van der Waals surface area contributed by atoms with Crippen molar-refractivity contribution in [3.05, 3.63) is 73.0 Å². The third kappa shape index (κ3) is 6.76. The van der Waals surface area contributed by atoms with Gasteiger partial charge in [-0.2, -0.15) is 0 Å². The summed E-state index contributed by atoms with van der Waals surface area (Å²) in [7, 11) is 0. The van der Waals surface area contributed by atoms with E-state index in [9.17, 15) is 28.5 Å². The van der Waals surface area contributed by atoms with Crippen LogP contribution in [0.4, 0.5) is 14.5 Å². The summed E-state index contributed by atoms with van der Waals surface area (Å²) in [5.41, 5.74) is -1.98. The minimum Gasteiger partial charge on any atom is -0.326 e. The number of aromatic nitrogens is 2. The molecule has 0 amide bonds. The van der Waals surface area contributed by atoms with Crippen molar-refractivity contribution in [3.8, 4) is 0 Å². The van der Waals surface area contributed by atoms with Crippen molar-refractivity contribution in [2.75, 3.05) is 0 Å². The van der Waals surface area contributed by atoms with E-state index in [2.05, 4.69) is 4.98 Å². The number of H-pyrrole nitrogens is 2. The number of hydrogen-bond donors (Lipinski definition) is 2. The molecule has 9 heteroatoms. The van der Waals surface area contributed by atoms with E-state index in [0.717, 1.165) is 24.5 Å². The molecule has 0 bridgehead atoms. The van der Waals surface area contributed by atoms with E-state index < -0.39 is 27.8 Å². The van der Waals surface area contributed by atoms with Gasteiger partial charge in [-0.1, -0.05) is 14.9 Å². The Bertz CT molecular complexity index is 677. The number of nitrogens with one attached hydrogen (secondary N) is 2. The van der Waals surface area contributed by atoms with E-state index in [1.165, 1.54) is 0 Å². The van der Waals surface area contributed by atoms with Gasteiger partial charge >= 0.3 is 11.2 Å². The van der Waals surface area contributed by atoms with Gasteiger partial charge in [-0.25, -0.2) is 8.78 Å². The van der Waals surface area contributed by atoms with Gasteiger partial charge in [0.1, 0.15) is 11.6 Å². The molecule has 2 aromatic rings. The van der Waals surface area contributed by atoms with Gasteiger partial charge in [-0.15, -0.1) is 0 Å². The lowest BCUT2D eigenvalue weighted by Crippen LogP contribution is -2.10. The summed E-state index contributed by atoms with van der Waals surface area (Å²) in [4.78, 5) is 33.8. The maximum absolute atomic E-state index is 12.2. The van der Waals surface area contributed by atoms with Crippen molar-refractivity contribution in [3.63, 3.8) is 0 Å². The minimum absolute atomic E-state index is 0. The summed E-state index contributed by atoms with van der Waals surface area (Å²) in [6, 6.07) is 2.81. The lowest BCUT2D eigenvalue weighted by atomic mass is 10.4. The summed E-state index contributed by atoms with van der Waals surface area (Å²) < 4.78 is 24.1. The molecule has 2 aromatic heterocycles. The number of nitro groups is 1. The van der Waals surface area contributed by atoms with Gasteiger partial charge in [0.2, 0.25) is 5.56 Å². The molecular weight excluding hydrogens is 288 g/mol. The van der Waals surface area contributed by atoms with Crippen LogP contribution in [0, 0.1) is 21.7 Å². The first-order valence-electron chi connectivity index (χ1n) is 4.77. The Morgan fingerprint density at radius 1 is 1.00 bits per heavy atom. The van der Waals surface area contributed by atoms with Crippen molar-refractivity contribution < 1.29 is 13.7 Å². The lowest BCUT2D eigenvalue weighted by molar-refractivity contribution is -0.386. The average molecular weight is 303 g/mol. The molecule has 0 aromatic carbocycles. The molecule has 0 atom stereocenters. The number of rotatable bonds is 1. The molecule has 0 aliphatic rings. The second-order valence-electron chi connectivity index (χ2n) is 3.16. The Kier molecular flexibility index (Phi) is 8.90. The highest BCUT2D eigenvalue weighted by atomic mass is 19.1. The van der Waals surface area contributed by atoms with Crippen LogP contribution < -0.4 is 11.1 Å². The van der Waals surface area contributed by atoms with E-state index in [-0.39, 0.29) is 20.4 Å². The molecule has 7 nitrogen and oxygen atoms in total. The van der Waals surface area contributed by atoms with Crippen molar-refractivity contribution in [1.29, 1.82) is 0 Å². The predicted octanol–water partition coefficient (Wildman–Crippen LogP) is 2.21. The molecule has 0 fully saturated rings. The molecule has 2 N–H and O–H groups in total. The van der Waals surface area contributed by atoms with Crippen molar-refractivity contribution in [1.82, 2.24) is 9.97 Å². The van der Waals surface area contributed by atoms with Gasteiger partial charge in [0.25, 0.3) is 0 Å². The number of nitrogens with zero attached hydrogens (tertiary/aromatic N) is 1. The highest BCUT2D eigenvalue weighted by molar-refractivity contribution is 5.24. The zero-order valence-corrected chi connectivity index (χ0v) is 9.22. The van der Waals surface area contributed by atoms with Gasteiger partial charge in [0, 0.05) is 18.5 Å². The maximum Gasteiger partial charge on any atom is 0.336 e. The van der Waals surface area contributed by atoms with Gasteiger partial charge in [-0.3, -0.25) is 19.7 Å². The third-order valence-electron chi connectivity index (χ3n) is 1.79. The second-order valence-corrected chi connectivity index (χ2v) is 3.16. The monoisotopic (exact) mass is 303 g/mol. The highest BCUT2D eigenvalue weighted by Crippen LogP contribution is 2.03. The topological polar surface area (TPSA) is 109 Å². The number of pyridine rings is 2. The molecule has 21 heavy (non-hydrogen) atoms. The van der Waals surface area contributed by atoms with Crippen molar-refractivity contribution in [2.45, 2.75) is 14.9 Å². The molecule has 0 aliphatic heterocycles. The van der Waals surface area contributed by atoms with Crippen LogP contribution in [0.15, 0.2) is 40.2 Å². The standard InChI is InChI=1S/C5H3FN2O3.C5H4FNO.2CH4/c6-3-1-4(8(10)11)5(9)7-2-3;6-4-1-2-5(8)7-3-4;;/h1-2H,(H,7,9);1-3H,(H,7,8);2*1H4. The molecule has 2 rings (SSSR count). The third-order valence-corrected chi connectivity index (χ3v) is 1.79. The molecule has 0 aliphatic carbocycles. The summed E-state index contributed by atoms with van der Waals surface area (Å²) >= 11 is 0. The minimum atomic E-state index is -0.943. The second kappa shape index (κ2) is 9.13. The number of halogens is 2. The molecule has 116 valence electrons. The van der Waals surface area contributed by atoms with Crippen LogP contribution >= 0.6 is 0 Å². The summed E-state index contributed by atoms with van der Waals surface area (Å²) in [6.07, 6.45) is 1.78. The summed E-state index contributed by atoms with van der Waals surface area (Å²) in [5, 5.41) is 9.99. The highest BCUT2D eigenvalue weighted by Gasteiger charge is 2.11. The fourth-order valence-electron chi connectivity index (χ4n) is 0.973. The van der Waals surface area contributed by atoms with Crippen LogP contribution in [0.25, 0.3) is 0 Å². The Morgan fingerprint density at radius 2 is 1.57 bits per heavy atom. The maximum atomic E-state index is 12.2. The zero-order chi connectivity index (χ0) is 14.4. The quantitative estimate of drug-likeness (QED) is 0.621. The fourth-order valence-corrected chi connectivity index (χ4v) is 0.973. The Labute approximate surface area is 118 Å². The van der Waals surface area contributed by atoms with Crippen molar-refractivity contribution >= 4 is 5.69 Å². The molecule has 0 saturated carbocycles. The van der Waals surface area contributed by atoms with Gasteiger partial charge in [0.15, 0.2) is 0 Å². The van der Waals surface area contributed by atoms with Gasteiger partial charge in [-0.05, 0) is 6.07 Å². The first-order chi connectivity index (χ1) is 8.90. The van der Waals surface area contributed by atoms with Crippen LogP contribution in [0.2, 0.25) is 0 Å². The Hall–Kier alpha value is -2.84. The SMILES string of the molecule is C.C.O=c1[nH]cc(F)cc1[N+](=O)[O-].O=c1ccc(F)c[nH]1. The van der Waals surface area contributed by atoms with E-state index >= 15 is 0 Å². The predicted molar refractivity (Wildman–Crippen MR) is 74.2 cm³/mol. The first-order valence-corrected chi connectivity index (χ1v) is 4.77. The lowest BCUT2D eigenvalue weighted by Gasteiger charge is -1.88. The largest absolute Gasteiger partial charge is 0.336 e. The summed E-state index contributed by atoms with van der Waals surface area (Å²) in [6.45, 7) is 0. The Morgan fingerprint density at radius 3 is 1.95 bits per heavy atom. The van der Waals surface area contributed by atoms with E-state index in [1.54, 1.807) is 0 Å². The van der Waals surface area contributed by atoms with E-state index in [0.29, 0.717) is 6.07 Å². The molecule has 2 heterocycles. The smallest absolute Gasteiger partial charge is 0.326 e. The van der Waals surface area contributed by atoms with Crippen LogP contribution in [0.5, 0.6) is 0 Å². The van der Waals surface area contributed by atoms with Crippen LogP contribution in [-0.2, 0) is 0 Å². The zero-order valence-electron chi connectivity index (χ0n) is 9.22. The van der Waals surface area contributed by atoms with Crippen molar-refractivity contribution in [2.24, 2.45) is 0 Å². The van der Waals surface area contributed by atoms with Crippen LogP contribution in [0.3, 0.4) is 0 Å².